The van der Waals surface area contributed by atoms with Gasteiger partial charge in [0.2, 0.25) is 5.91 Å². The lowest BCUT2D eigenvalue weighted by Crippen LogP contribution is -2.35. The van der Waals surface area contributed by atoms with Gasteiger partial charge >= 0.3 is 0 Å². The number of benzene rings is 2. The maximum Gasteiger partial charge on any atom is 0.227 e. The van der Waals surface area contributed by atoms with E-state index in [2.05, 4.69) is 11.5 Å². The summed E-state index contributed by atoms with van der Waals surface area (Å²) >= 11 is 0. The maximum atomic E-state index is 13.3. The summed E-state index contributed by atoms with van der Waals surface area (Å²) in [6, 6.07) is 14.3. The van der Waals surface area contributed by atoms with Gasteiger partial charge in [0.15, 0.2) is 0 Å². The maximum absolute atomic E-state index is 13.3. The van der Waals surface area contributed by atoms with E-state index in [4.69, 9.17) is 9.84 Å². The fourth-order valence-electron chi connectivity index (χ4n) is 4.86. The smallest absolute Gasteiger partial charge is 0.227 e. The van der Waals surface area contributed by atoms with Crippen LogP contribution >= 0.6 is 0 Å². The van der Waals surface area contributed by atoms with Crippen molar-refractivity contribution in [3.63, 3.8) is 0 Å². The van der Waals surface area contributed by atoms with Crippen LogP contribution in [0.1, 0.15) is 35.4 Å². The molecule has 1 saturated carbocycles. The highest BCUT2D eigenvalue weighted by Crippen LogP contribution is 2.33. The lowest BCUT2D eigenvalue weighted by atomic mass is 10.0. The van der Waals surface area contributed by atoms with Crippen LogP contribution in [0.2, 0.25) is 0 Å². The Morgan fingerprint density at radius 1 is 1.23 bits per heavy atom. The van der Waals surface area contributed by atoms with Crippen molar-refractivity contribution in [1.82, 2.24) is 19.6 Å². The number of carbonyl (C=O) groups excluding carboxylic acids is 1. The zero-order valence-corrected chi connectivity index (χ0v) is 20.1. The molecule has 0 saturated heterocycles. The van der Waals surface area contributed by atoms with Gasteiger partial charge in [0, 0.05) is 37.7 Å². The normalized spacial score (nSPS) is 15.5. The molecule has 5 rings (SSSR count). The van der Waals surface area contributed by atoms with Gasteiger partial charge in [0.05, 0.1) is 31.5 Å². The summed E-state index contributed by atoms with van der Waals surface area (Å²) in [5.41, 5.74) is 5.01. The lowest BCUT2D eigenvalue weighted by Gasteiger charge is -2.28. The second-order valence-electron chi connectivity index (χ2n) is 9.29. The molecule has 1 aromatic heterocycles. The zero-order chi connectivity index (χ0) is 24.4. The third-order valence-corrected chi connectivity index (χ3v) is 6.82. The molecule has 1 aliphatic carbocycles. The topological polar surface area (TPSA) is 50.6 Å². The molecular formula is C28H31FN4O2. The molecule has 1 aliphatic heterocycles. The van der Waals surface area contributed by atoms with Crippen molar-refractivity contribution in [2.24, 2.45) is 0 Å². The van der Waals surface area contributed by atoms with Gasteiger partial charge in [-0.25, -0.2) is 9.07 Å². The molecule has 1 fully saturated rings. The van der Waals surface area contributed by atoms with E-state index in [1.54, 1.807) is 19.2 Å². The quantitative estimate of drug-likeness (QED) is 0.434. The summed E-state index contributed by atoms with van der Waals surface area (Å²) < 4.78 is 21.0. The van der Waals surface area contributed by atoms with Crippen molar-refractivity contribution in [1.29, 1.82) is 0 Å². The van der Waals surface area contributed by atoms with Gasteiger partial charge in [-0.05, 0) is 42.7 Å². The number of para-hydroxylation sites is 2. The third-order valence-electron chi connectivity index (χ3n) is 6.82. The van der Waals surface area contributed by atoms with Gasteiger partial charge in [-0.1, -0.05) is 30.3 Å². The molecular weight excluding hydrogens is 443 g/mol. The average molecular weight is 475 g/mol. The van der Waals surface area contributed by atoms with Gasteiger partial charge in [-0.15, -0.1) is 6.58 Å². The third kappa shape index (κ3) is 5.00. The van der Waals surface area contributed by atoms with Crippen LogP contribution in [0.4, 0.5) is 4.39 Å². The molecule has 2 heterocycles. The predicted octanol–water partition coefficient (Wildman–Crippen LogP) is 4.30. The van der Waals surface area contributed by atoms with Crippen LogP contribution in [-0.4, -0.2) is 51.7 Å². The molecule has 182 valence electrons. The van der Waals surface area contributed by atoms with Crippen LogP contribution in [0.15, 0.2) is 61.2 Å². The molecule has 0 atom stereocenters. The molecule has 1 amide bonds. The van der Waals surface area contributed by atoms with E-state index < -0.39 is 0 Å². The highest BCUT2D eigenvalue weighted by Gasteiger charge is 2.35. The van der Waals surface area contributed by atoms with Crippen LogP contribution in [0.5, 0.6) is 5.75 Å². The fraction of sp³-hybridized carbons (Fsp3) is 0.357. The van der Waals surface area contributed by atoms with Crippen molar-refractivity contribution in [3.8, 4) is 11.4 Å². The Labute approximate surface area is 205 Å². The van der Waals surface area contributed by atoms with Gasteiger partial charge in [-0.2, -0.15) is 5.10 Å². The lowest BCUT2D eigenvalue weighted by molar-refractivity contribution is -0.131. The standard InChI is InChI=1S/C28H31FN4O2/c1-3-15-31-16-14-25-23(18-31)24(30-33(25)26-6-4-5-7-27(26)35-2)19-32(22-12-13-22)28(34)17-20-8-10-21(29)11-9-20/h3-11,22H,1,12-19H2,2H3. The number of hydrogen-bond donors (Lipinski definition) is 0. The number of aromatic nitrogens is 2. The number of carbonyl (C=O) groups is 1. The van der Waals surface area contributed by atoms with Crippen molar-refractivity contribution < 1.29 is 13.9 Å². The predicted molar refractivity (Wildman–Crippen MR) is 133 cm³/mol. The summed E-state index contributed by atoms with van der Waals surface area (Å²) in [7, 11) is 1.67. The summed E-state index contributed by atoms with van der Waals surface area (Å²) in [6.45, 7) is 6.89. The van der Waals surface area contributed by atoms with Crippen LogP contribution < -0.4 is 4.74 Å². The highest BCUT2D eigenvalue weighted by atomic mass is 19.1. The molecule has 0 N–H and O–H groups in total. The minimum atomic E-state index is -0.294. The Morgan fingerprint density at radius 3 is 2.71 bits per heavy atom. The number of nitrogens with zero attached hydrogens (tertiary/aromatic N) is 4. The van der Waals surface area contributed by atoms with Crippen molar-refractivity contribution in [2.45, 2.75) is 44.8 Å². The summed E-state index contributed by atoms with van der Waals surface area (Å²) in [6.07, 6.45) is 5.06. The van der Waals surface area contributed by atoms with Gasteiger partial charge < -0.3 is 9.64 Å². The first-order chi connectivity index (χ1) is 17.1. The number of hydrogen-bond acceptors (Lipinski definition) is 4. The van der Waals surface area contributed by atoms with E-state index >= 15 is 0 Å². The number of ether oxygens (including phenoxy) is 1. The first-order valence-corrected chi connectivity index (χ1v) is 12.2. The number of halogens is 1. The number of rotatable bonds is 9. The Bertz CT molecular complexity index is 1220. The molecule has 0 spiro atoms. The minimum absolute atomic E-state index is 0.0541. The second kappa shape index (κ2) is 10.0. The largest absolute Gasteiger partial charge is 0.494 e. The molecule has 0 bridgehead atoms. The molecule has 35 heavy (non-hydrogen) atoms. The first-order valence-electron chi connectivity index (χ1n) is 12.2. The molecule has 2 aliphatic rings. The summed E-state index contributed by atoms with van der Waals surface area (Å²) in [5.74, 6) is 0.528. The Morgan fingerprint density at radius 2 is 2.00 bits per heavy atom. The van der Waals surface area contributed by atoms with E-state index in [0.29, 0.717) is 6.54 Å². The molecule has 2 aromatic carbocycles. The molecule has 6 nitrogen and oxygen atoms in total. The van der Waals surface area contributed by atoms with E-state index in [9.17, 15) is 9.18 Å². The van der Waals surface area contributed by atoms with Crippen LogP contribution in [0.3, 0.4) is 0 Å². The molecule has 3 aromatic rings. The average Bonchev–Trinajstić information content (AvgIpc) is 3.65. The zero-order valence-electron chi connectivity index (χ0n) is 20.1. The van der Waals surface area contributed by atoms with Crippen LogP contribution in [-0.2, 0) is 30.7 Å². The first kappa shape index (κ1) is 23.3. The molecule has 0 unspecified atom stereocenters. The monoisotopic (exact) mass is 474 g/mol. The molecule has 0 radical (unpaired) electrons. The highest BCUT2D eigenvalue weighted by molar-refractivity contribution is 5.79. The number of fused-ring (bicyclic) bond motifs is 1. The number of amides is 1. The Balaban J connectivity index is 1.48. The van der Waals surface area contributed by atoms with Crippen molar-refractivity contribution in [3.05, 3.63) is 89.5 Å². The van der Waals surface area contributed by atoms with E-state index in [1.165, 1.54) is 23.4 Å². The van der Waals surface area contributed by atoms with E-state index in [0.717, 1.165) is 61.6 Å². The number of methoxy groups -OCH3 is 1. The van der Waals surface area contributed by atoms with Crippen molar-refractivity contribution >= 4 is 5.91 Å². The van der Waals surface area contributed by atoms with Crippen molar-refractivity contribution in [2.75, 3.05) is 20.2 Å². The SMILES string of the molecule is C=CCN1CCc2c(c(CN(C(=O)Cc3ccc(F)cc3)C3CC3)nn2-c2ccccc2OC)C1. The molecule has 7 heteroatoms. The summed E-state index contributed by atoms with van der Waals surface area (Å²) in [5, 5.41) is 5.06. The van der Waals surface area contributed by atoms with E-state index in [-0.39, 0.29) is 24.2 Å². The Kier molecular flexibility index (Phi) is 6.68. The van der Waals surface area contributed by atoms with Gasteiger partial charge in [0.1, 0.15) is 17.3 Å². The Hall–Kier alpha value is -3.45. The summed E-state index contributed by atoms with van der Waals surface area (Å²) in [4.78, 5) is 17.7. The van der Waals surface area contributed by atoms with E-state index in [1.807, 2.05) is 39.9 Å². The van der Waals surface area contributed by atoms with Gasteiger partial charge in [0.25, 0.3) is 0 Å². The fourth-order valence-corrected chi connectivity index (χ4v) is 4.86. The van der Waals surface area contributed by atoms with Crippen LogP contribution in [0, 0.1) is 5.82 Å². The van der Waals surface area contributed by atoms with Gasteiger partial charge in [-0.3, -0.25) is 9.69 Å². The minimum Gasteiger partial charge on any atom is -0.494 e. The van der Waals surface area contributed by atoms with Crippen LogP contribution in [0.25, 0.3) is 5.69 Å². The second-order valence-corrected chi connectivity index (χ2v) is 9.29.